The molecule has 22 heavy (non-hydrogen) atoms. The molecule has 0 spiro atoms. The third-order valence-corrected chi connectivity index (χ3v) is 5.76. The average molecular weight is 284 g/mol. The highest BCUT2D eigenvalue weighted by Crippen LogP contribution is 2.56. The predicted molar refractivity (Wildman–Crippen MR) is 91.1 cm³/mol. The van der Waals surface area contributed by atoms with E-state index in [9.17, 15) is 0 Å². The molecule has 2 aromatic carbocycles. The van der Waals surface area contributed by atoms with E-state index in [1.165, 1.54) is 36.0 Å². The minimum atomic E-state index is 0.402. The molecule has 0 heteroatoms. The Hall–Kier alpha value is -2.08. The van der Waals surface area contributed by atoms with Crippen LogP contribution in [0.25, 0.3) is 0 Å². The molecule has 1 saturated carbocycles. The zero-order valence-electron chi connectivity index (χ0n) is 12.8. The highest BCUT2D eigenvalue weighted by molar-refractivity contribution is 5.62. The molecule has 4 aliphatic rings. The number of rotatable bonds is 2. The van der Waals surface area contributed by atoms with Crippen LogP contribution in [0.4, 0.5) is 0 Å². The topological polar surface area (TPSA) is 0 Å². The number of hydrogen-bond acceptors (Lipinski definition) is 0. The second kappa shape index (κ2) is 4.46. The van der Waals surface area contributed by atoms with Gasteiger partial charge in [-0.25, -0.2) is 0 Å². The monoisotopic (exact) mass is 284 g/mol. The summed E-state index contributed by atoms with van der Waals surface area (Å²) >= 11 is 0. The Balaban J connectivity index is 1.84. The van der Waals surface area contributed by atoms with Crippen LogP contribution in [0.3, 0.4) is 0 Å². The van der Waals surface area contributed by atoms with Crippen molar-refractivity contribution in [2.45, 2.75) is 31.1 Å². The van der Waals surface area contributed by atoms with Crippen molar-refractivity contribution in [2.75, 3.05) is 0 Å². The maximum atomic E-state index is 4.19. The lowest BCUT2D eigenvalue weighted by atomic mass is 9.72. The quantitative estimate of drug-likeness (QED) is 0.677. The summed E-state index contributed by atoms with van der Waals surface area (Å²) in [6.45, 7) is 4.19. The molecule has 0 unspecified atom stereocenters. The molecule has 0 heterocycles. The van der Waals surface area contributed by atoms with Gasteiger partial charge in [0, 0.05) is 11.8 Å². The summed E-state index contributed by atoms with van der Waals surface area (Å²) in [4.78, 5) is 0. The van der Waals surface area contributed by atoms with Crippen molar-refractivity contribution in [1.29, 1.82) is 0 Å². The summed E-state index contributed by atoms with van der Waals surface area (Å²) < 4.78 is 0. The van der Waals surface area contributed by atoms with Gasteiger partial charge in [0.2, 0.25) is 0 Å². The summed E-state index contributed by atoms with van der Waals surface area (Å²) in [7, 11) is 0. The summed E-state index contributed by atoms with van der Waals surface area (Å²) in [5.41, 5.74) is 9.30. The number of benzene rings is 2. The number of allylic oxidation sites excluding steroid dienone is 3. The van der Waals surface area contributed by atoms with E-state index < -0.39 is 0 Å². The molecule has 0 nitrogen and oxygen atoms in total. The van der Waals surface area contributed by atoms with E-state index in [4.69, 9.17) is 0 Å². The number of hydrogen-bond donors (Lipinski definition) is 0. The minimum absolute atomic E-state index is 0.402. The van der Waals surface area contributed by atoms with Crippen LogP contribution in [-0.4, -0.2) is 0 Å². The molecule has 6 rings (SSSR count). The van der Waals surface area contributed by atoms with Gasteiger partial charge in [-0.1, -0.05) is 66.8 Å². The van der Waals surface area contributed by atoms with Crippen molar-refractivity contribution >= 4 is 0 Å². The van der Waals surface area contributed by atoms with Gasteiger partial charge in [-0.3, -0.25) is 0 Å². The SMILES string of the molecule is C=CC1=C(C2CC2)CC2c3ccccc3C1c1ccccc12. The summed E-state index contributed by atoms with van der Waals surface area (Å²) in [5.74, 6) is 1.76. The standard InChI is InChI=1S/C22H20/c1-2-15-20(14-11-12-14)13-21-16-7-3-5-9-18(16)22(15)19-10-6-4-8-17(19)21/h2-10,14,21-22H,1,11-13H2. The van der Waals surface area contributed by atoms with Gasteiger partial charge in [0.05, 0.1) is 0 Å². The first kappa shape index (κ1) is 12.5. The Morgan fingerprint density at radius 2 is 1.36 bits per heavy atom. The summed E-state index contributed by atoms with van der Waals surface area (Å²) in [6, 6.07) is 18.2. The minimum Gasteiger partial charge on any atom is -0.0988 e. The molecule has 0 amide bonds. The van der Waals surface area contributed by atoms with Crippen molar-refractivity contribution in [3.63, 3.8) is 0 Å². The largest absolute Gasteiger partial charge is 0.0988 e. The Labute approximate surface area is 132 Å². The van der Waals surface area contributed by atoms with Crippen LogP contribution in [0.2, 0.25) is 0 Å². The Morgan fingerprint density at radius 1 is 0.818 bits per heavy atom. The first-order chi connectivity index (χ1) is 10.9. The van der Waals surface area contributed by atoms with Crippen molar-refractivity contribution in [3.8, 4) is 0 Å². The molecular formula is C22H20. The van der Waals surface area contributed by atoms with E-state index in [0.29, 0.717) is 11.8 Å². The van der Waals surface area contributed by atoms with Gasteiger partial charge in [-0.05, 0) is 53.0 Å². The van der Waals surface area contributed by atoms with Crippen LogP contribution < -0.4 is 0 Å². The molecule has 4 aliphatic carbocycles. The zero-order valence-corrected chi connectivity index (χ0v) is 12.8. The van der Waals surface area contributed by atoms with E-state index in [1.54, 1.807) is 16.7 Å². The Kier molecular flexibility index (Phi) is 2.52. The van der Waals surface area contributed by atoms with E-state index >= 15 is 0 Å². The summed E-state index contributed by atoms with van der Waals surface area (Å²) in [6.07, 6.45) is 6.09. The highest BCUT2D eigenvalue weighted by atomic mass is 14.4. The molecule has 1 fully saturated rings. The smallest absolute Gasteiger partial charge is 0.0345 e. The fourth-order valence-corrected chi connectivity index (χ4v) is 4.68. The van der Waals surface area contributed by atoms with E-state index in [-0.39, 0.29) is 0 Å². The average Bonchev–Trinajstić information content (AvgIpc) is 3.41. The third kappa shape index (κ3) is 1.58. The maximum absolute atomic E-state index is 4.19. The Bertz CT molecular complexity index is 757. The molecule has 0 N–H and O–H groups in total. The maximum Gasteiger partial charge on any atom is 0.0345 e. The lowest BCUT2D eigenvalue weighted by molar-refractivity contribution is 0.740. The van der Waals surface area contributed by atoms with Crippen molar-refractivity contribution in [3.05, 3.63) is 94.6 Å². The van der Waals surface area contributed by atoms with Crippen molar-refractivity contribution in [2.24, 2.45) is 5.92 Å². The van der Waals surface area contributed by atoms with Crippen molar-refractivity contribution in [1.82, 2.24) is 0 Å². The van der Waals surface area contributed by atoms with Crippen LogP contribution in [0.5, 0.6) is 0 Å². The van der Waals surface area contributed by atoms with Crippen LogP contribution in [0, 0.1) is 5.92 Å². The summed E-state index contributed by atoms with van der Waals surface area (Å²) in [5, 5.41) is 0. The molecule has 0 radical (unpaired) electrons. The first-order valence-corrected chi connectivity index (χ1v) is 8.41. The molecule has 2 aromatic rings. The van der Waals surface area contributed by atoms with Gasteiger partial charge in [-0.15, -0.1) is 0 Å². The molecule has 2 bridgehead atoms. The van der Waals surface area contributed by atoms with Gasteiger partial charge in [0.1, 0.15) is 0 Å². The van der Waals surface area contributed by atoms with E-state index in [1.807, 2.05) is 0 Å². The lowest BCUT2D eigenvalue weighted by Gasteiger charge is -2.31. The molecular weight excluding hydrogens is 264 g/mol. The zero-order chi connectivity index (χ0) is 14.7. The van der Waals surface area contributed by atoms with Crippen LogP contribution >= 0.6 is 0 Å². The first-order valence-electron chi connectivity index (χ1n) is 8.41. The highest BCUT2D eigenvalue weighted by Gasteiger charge is 2.41. The van der Waals surface area contributed by atoms with Crippen molar-refractivity contribution < 1.29 is 0 Å². The van der Waals surface area contributed by atoms with Gasteiger partial charge in [-0.2, -0.15) is 0 Å². The molecule has 108 valence electrons. The van der Waals surface area contributed by atoms with Gasteiger partial charge in [0.15, 0.2) is 0 Å². The fraction of sp³-hybridized carbons (Fsp3) is 0.273. The fourth-order valence-electron chi connectivity index (χ4n) is 4.68. The van der Waals surface area contributed by atoms with Gasteiger partial charge >= 0.3 is 0 Å². The molecule has 0 atom stereocenters. The van der Waals surface area contributed by atoms with Crippen LogP contribution in [-0.2, 0) is 0 Å². The van der Waals surface area contributed by atoms with Gasteiger partial charge < -0.3 is 0 Å². The lowest BCUT2D eigenvalue weighted by Crippen LogP contribution is -2.16. The molecule has 0 aliphatic heterocycles. The van der Waals surface area contributed by atoms with E-state index in [0.717, 1.165) is 5.92 Å². The number of fused-ring (bicyclic) bond motifs is 1. The molecule has 0 aromatic heterocycles. The normalized spacial score (nSPS) is 25.5. The predicted octanol–water partition coefficient (Wildman–Crippen LogP) is 5.56. The second-order valence-corrected chi connectivity index (χ2v) is 6.91. The third-order valence-electron chi connectivity index (χ3n) is 5.76. The molecule has 0 saturated heterocycles. The Morgan fingerprint density at radius 3 is 1.86 bits per heavy atom. The van der Waals surface area contributed by atoms with Gasteiger partial charge in [0.25, 0.3) is 0 Å². The second-order valence-electron chi connectivity index (χ2n) is 6.91. The van der Waals surface area contributed by atoms with Crippen LogP contribution in [0.15, 0.2) is 72.3 Å². The van der Waals surface area contributed by atoms with Crippen LogP contribution in [0.1, 0.15) is 53.4 Å². The van der Waals surface area contributed by atoms with E-state index in [2.05, 4.69) is 61.2 Å².